The molecule has 110 valence electrons. The normalized spacial score (nSPS) is 15.3. The molecule has 0 saturated carbocycles. The molecular weight excluding hydrogens is 310 g/mol. The van der Waals surface area contributed by atoms with Gasteiger partial charge in [0.2, 0.25) is 0 Å². The maximum Gasteiger partial charge on any atom is 0.349 e. The second kappa shape index (κ2) is 5.91. The van der Waals surface area contributed by atoms with Crippen LogP contribution < -0.4 is 9.80 Å². The molecule has 1 aromatic heterocycles. The van der Waals surface area contributed by atoms with Gasteiger partial charge in [0, 0.05) is 31.9 Å². The fraction of sp³-hybridized carbons (Fsp3) is 0.286. The summed E-state index contributed by atoms with van der Waals surface area (Å²) in [6.07, 6.45) is 0. The number of benzene rings is 1. The Hall–Kier alpha value is -1.79. The summed E-state index contributed by atoms with van der Waals surface area (Å²) in [5.74, 6) is -1.02. The van der Waals surface area contributed by atoms with Crippen LogP contribution in [0.15, 0.2) is 30.3 Å². The molecule has 0 amide bonds. The molecule has 2 aromatic rings. The van der Waals surface area contributed by atoms with Gasteiger partial charge in [-0.2, -0.15) is 0 Å². The monoisotopic (exact) mass is 323 g/mol. The SMILES string of the molecule is O=C(O)c1sc(N2CCN(c3ccccc3)CC2)nc1Cl. The highest BCUT2D eigenvalue weighted by Crippen LogP contribution is 2.30. The molecule has 1 saturated heterocycles. The smallest absolute Gasteiger partial charge is 0.349 e. The Morgan fingerprint density at radius 2 is 1.76 bits per heavy atom. The first-order chi connectivity index (χ1) is 10.1. The van der Waals surface area contributed by atoms with E-state index in [-0.39, 0.29) is 10.0 Å². The number of hydrogen-bond donors (Lipinski definition) is 1. The molecule has 1 aliphatic rings. The van der Waals surface area contributed by atoms with E-state index < -0.39 is 5.97 Å². The van der Waals surface area contributed by atoms with Crippen molar-refractivity contribution in [3.63, 3.8) is 0 Å². The van der Waals surface area contributed by atoms with Crippen LogP contribution >= 0.6 is 22.9 Å². The third-order valence-electron chi connectivity index (χ3n) is 3.44. The number of aromatic carboxylic acids is 1. The average Bonchev–Trinajstić information content (AvgIpc) is 2.90. The predicted molar refractivity (Wildman–Crippen MR) is 85.0 cm³/mol. The lowest BCUT2D eigenvalue weighted by Gasteiger charge is -2.35. The van der Waals surface area contributed by atoms with Gasteiger partial charge in [-0.1, -0.05) is 41.1 Å². The van der Waals surface area contributed by atoms with E-state index in [1.165, 1.54) is 5.69 Å². The fourth-order valence-corrected chi connectivity index (χ4v) is 3.53. The Labute approximate surface area is 131 Å². The first-order valence-electron chi connectivity index (χ1n) is 6.59. The zero-order chi connectivity index (χ0) is 14.8. The molecule has 1 aromatic carbocycles. The molecule has 7 heteroatoms. The Kier molecular flexibility index (Phi) is 3.98. The van der Waals surface area contributed by atoms with Crippen LogP contribution in [0.3, 0.4) is 0 Å². The van der Waals surface area contributed by atoms with Crippen LogP contribution in [0, 0.1) is 0 Å². The highest BCUT2D eigenvalue weighted by atomic mass is 35.5. The van der Waals surface area contributed by atoms with E-state index in [1.807, 2.05) is 18.2 Å². The van der Waals surface area contributed by atoms with Crippen molar-refractivity contribution in [3.8, 4) is 0 Å². The van der Waals surface area contributed by atoms with Gasteiger partial charge in [-0.3, -0.25) is 0 Å². The number of piperazine rings is 1. The van der Waals surface area contributed by atoms with Crippen molar-refractivity contribution in [2.24, 2.45) is 0 Å². The van der Waals surface area contributed by atoms with Crippen LogP contribution in [0.1, 0.15) is 9.67 Å². The lowest BCUT2D eigenvalue weighted by Crippen LogP contribution is -2.46. The van der Waals surface area contributed by atoms with Crippen molar-refractivity contribution in [1.82, 2.24) is 4.98 Å². The Bertz CT molecular complexity index is 639. The maximum absolute atomic E-state index is 11.0. The summed E-state index contributed by atoms with van der Waals surface area (Å²) in [5.41, 5.74) is 1.21. The third kappa shape index (κ3) is 2.96. The molecule has 1 aliphatic heterocycles. The maximum atomic E-state index is 11.0. The molecule has 1 N–H and O–H groups in total. The molecule has 0 spiro atoms. The third-order valence-corrected chi connectivity index (χ3v) is 4.93. The summed E-state index contributed by atoms with van der Waals surface area (Å²) in [6, 6.07) is 10.3. The summed E-state index contributed by atoms with van der Waals surface area (Å²) in [7, 11) is 0. The van der Waals surface area contributed by atoms with Crippen LogP contribution in [-0.2, 0) is 0 Å². The molecule has 2 heterocycles. The molecule has 5 nitrogen and oxygen atoms in total. The molecule has 3 rings (SSSR count). The predicted octanol–water partition coefficient (Wildman–Crippen LogP) is 2.82. The van der Waals surface area contributed by atoms with Crippen LogP contribution in [-0.4, -0.2) is 42.2 Å². The zero-order valence-electron chi connectivity index (χ0n) is 11.2. The van der Waals surface area contributed by atoms with E-state index in [2.05, 4.69) is 26.9 Å². The number of thiazole rings is 1. The lowest BCUT2D eigenvalue weighted by atomic mass is 10.2. The Morgan fingerprint density at radius 1 is 1.14 bits per heavy atom. The van der Waals surface area contributed by atoms with E-state index in [0.717, 1.165) is 37.5 Å². The fourth-order valence-electron chi connectivity index (χ4n) is 2.35. The van der Waals surface area contributed by atoms with Crippen LogP contribution in [0.4, 0.5) is 10.8 Å². The largest absolute Gasteiger partial charge is 0.477 e. The van der Waals surface area contributed by atoms with Crippen LogP contribution in [0.25, 0.3) is 0 Å². The van der Waals surface area contributed by atoms with Gasteiger partial charge in [0.05, 0.1) is 0 Å². The molecule has 1 fully saturated rings. The minimum atomic E-state index is -1.02. The molecule has 0 radical (unpaired) electrons. The van der Waals surface area contributed by atoms with Crippen molar-refractivity contribution in [2.75, 3.05) is 36.0 Å². The number of hydrogen-bond acceptors (Lipinski definition) is 5. The average molecular weight is 324 g/mol. The van der Waals surface area contributed by atoms with Crippen LogP contribution in [0.5, 0.6) is 0 Å². The van der Waals surface area contributed by atoms with Crippen molar-refractivity contribution < 1.29 is 9.90 Å². The van der Waals surface area contributed by atoms with Gasteiger partial charge in [-0.25, -0.2) is 9.78 Å². The first kappa shape index (κ1) is 14.2. The number of carboxylic acid groups (broad SMARTS) is 1. The highest BCUT2D eigenvalue weighted by Gasteiger charge is 2.23. The summed E-state index contributed by atoms with van der Waals surface area (Å²) in [5, 5.41) is 9.79. The topological polar surface area (TPSA) is 56.7 Å². The van der Waals surface area contributed by atoms with E-state index in [1.54, 1.807) is 0 Å². The number of rotatable bonds is 3. The molecule has 0 bridgehead atoms. The summed E-state index contributed by atoms with van der Waals surface area (Å²) < 4.78 is 0. The molecule has 0 unspecified atom stereocenters. The number of carboxylic acids is 1. The van der Waals surface area contributed by atoms with E-state index in [0.29, 0.717) is 5.13 Å². The van der Waals surface area contributed by atoms with Gasteiger partial charge in [-0.05, 0) is 12.1 Å². The van der Waals surface area contributed by atoms with Crippen molar-refractivity contribution >= 4 is 39.7 Å². The minimum Gasteiger partial charge on any atom is -0.477 e. The molecule has 21 heavy (non-hydrogen) atoms. The standard InChI is InChI=1S/C14H14ClN3O2S/c15-12-11(13(19)20)21-14(16-12)18-8-6-17(7-9-18)10-4-2-1-3-5-10/h1-5H,6-9H2,(H,19,20). The summed E-state index contributed by atoms with van der Waals surface area (Å²) in [6.45, 7) is 3.36. The number of nitrogens with zero attached hydrogens (tertiary/aromatic N) is 3. The summed E-state index contributed by atoms with van der Waals surface area (Å²) >= 11 is 7.00. The number of carbonyl (C=O) groups is 1. The van der Waals surface area contributed by atoms with Gasteiger partial charge < -0.3 is 14.9 Å². The van der Waals surface area contributed by atoms with Gasteiger partial charge in [-0.15, -0.1) is 0 Å². The van der Waals surface area contributed by atoms with Gasteiger partial charge in [0.25, 0.3) is 0 Å². The Morgan fingerprint density at radius 3 is 2.33 bits per heavy atom. The molecular formula is C14H14ClN3O2S. The van der Waals surface area contributed by atoms with Crippen molar-refractivity contribution in [1.29, 1.82) is 0 Å². The Balaban J connectivity index is 1.68. The summed E-state index contributed by atoms with van der Waals surface area (Å²) in [4.78, 5) is 19.7. The second-order valence-corrected chi connectivity index (χ2v) is 6.07. The van der Waals surface area contributed by atoms with E-state index in [4.69, 9.17) is 16.7 Å². The number of halogens is 1. The zero-order valence-corrected chi connectivity index (χ0v) is 12.8. The van der Waals surface area contributed by atoms with Gasteiger partial charge in [0.15, 0.2) is 15.2 Å². The second-order valence-electron chi connectivity index (χ2n) is 4.73. The first-order valence-corrected chi connectivity index (χ1v) is 7.79. The van der Waals surface area contributed by atoms with Crippen molar-refractivity contribution in [2.45, 2.75) is 0 Å². The van der Waals surface area contributed by atoms with E-state index >= 15 is 0 Å². The minimum absolute atomic E-state index is 0.0768. The number of anilines is 2. The quantitative estimate of drug-likeness (QED) is 0.941. The van der Waals surface area contributed by atoms with E-state index in [9.17, 15) is 4.79 Å². The van der Waals surface area contributed by atoms with Gasteiger partial charge in [0.1, 0.15) is 0 Å². The number of aromatic nitrogens is 1. The number of para-hydroxylation sites is 1. The molecule has 0 atom stereocenters. The van der Waals surface area contributed by atoms with Crippen LogP contribution in [0.2, 0.25) is 5.15 Å². The highest BCUT2D eigenvalue weighted by molar-refractivity contribution is 7.18. The van der Waals surface area contributed by atoms with Gasteiger partial charge >= 0.3 is 5.97 Å². The molecule has 0 aliphatic carbocycles. The lowest BCUT2D eigenvalue weighted by molar-refractivity contribution is 0.0702. The van der Waals surface area contributed by atoms with Crippen molar-refractivity contribution in [3.05, 3.63) is 40.4 Å².